The lowest BCUT2D eigenvalue weighted by Gasteiger charge is -2.06. The van der Waals surface area contributed by atoms with Gasteiger partial charge in [0.2, 0.25) is 0 Å². The van der Waals surface area contributed by atoms with Crippen molar-refractivity contribution in [2.45, 2.75) is 6.54 Å². The van der Waals surface area contributed by atoms with Crippen molar-refractivity contribution in [2.75, 3.05) is 13.7 Å². The van der Waals surface area contributed by atoms with Crippen LogP contribution in [0.1, 0.15) is 0 Å². The van der Waals surface area contributed by atoms with Gasteiger partial charge in [0, 0.05) is 14.2 Å². The van der Waals surface area contributed by atoms with Gasteiger partial charge in [-0.3, -0.25) is 13.9 Å². The van der Waals surface area contributed by atoms with E-state index in [9.17, 15) is 9.59 Å². The minimum absolute atomic E-state index is 0.233. The molecule has 2 aromatic rings. The van der Waals surface area contributed by atoms with E-state index in [4.69, 9.17) is 4.74 Å². The third-order valence-corrected chi connectivity index (χ3v) is 2.43. The first-order chi connectivity index (χ1) is 7.66. The second-order valence-electron chi connectivity index (χ2n) is 3.39. The topological polar surface area (TPSA) is 81.9 Å². The van der Waals surface area contributed by atoms with Crippen LogP contribution in [0.25, 0.3) is 11.2 Å². The number of fused-ring (bicyclic) bond motifs is 1. The molecule has 0 amide bonds. The molecule has 0 fully saturated rings. The van der Waals surface area contributed by atoms with Crippen LogP contribution >= 0.6 is 0 Å². The highest BCUT2D eigenvalue weighted by Crippen LogP contribution is 1.98. The van der Waals surface area contributed by atoms with Crippen molar-refractivity contribution in [1.29, 1.82) is 0 Å². The van der Waals surface area contributed by atoms with Crippen LogP contribution in [0.3, 0.4) is 0 Å². The first-order valence-corrected chi connectivity index (χ1v) is 4.78. The van der Waals surface area contributed by atoms with Gasteiger partial charge in [-0.25, -0.2) is 9.78 Å². The summed E-state index contributed by atoms with van der Waals surface area (Å²) in [4.78, 5) is 30.4. The first kappa shape index (κ1) is 10.6. The average molecular weight is 224 g/mol. The summed E-state index contributed by atoms with van der Waals surface area (Å²) in [6.45, 7) is 0.547. The predicted molar refractivity (Wildman–Crippen MR) is 57.5 cm³/mol. The number of H-pyrrole nitrogens is 1. The van der Waals surface area contributed by atoms with Crippen LogP contribution in [-0.4, -0.2) is 32.8 Å². The van der Waals surface area contributed by atoms with E-state index in [0.29, 0.717) is 17.8 Å². The van der Waals surface area contributed by atoms with Crippen molar-refractivity contribution < 1.29 is 4.74 Å². The largest absolute Gasteiger partial charge is 0.383 e. The standard InChI is InChI=1S/C9H12N4O3/c1-12-7-6(10-5-11-7)8(14)13(9(12)15)3-4-16-2/h5H,3-4H2,1-2H3,(H,10,11). The summed E-state index contributed by atoms with van der Waals surface area (Å²) in [6.07, 6.45) is 1.40. The molecule has 0 atom stereocenters. The van der Waals surface area contributed by atoms with Crippen LogP contribution in [-0.2, 0) is 18.3 Å². The number of hydrogen-bond donors (Lipinski definition) is 1. The number of aromatic nitrogens is 4. The second kappa shape index (κ2) is 3.93. The van der Waals surface area contributed by atoms with Crippen molar-refractivity contribution in [3.05, 3.63) is 27.2 Å². The van der Waals surface area contributed by atoms with E-state index in [1.54, 1.807) is 7.05 Å². The maximum absolute atomic E-state index is 11.9. The first-order valence-electron chi connectivity index (χ1n) is 4.78. The molecule has 0 aliphatic rings. The summed E-state index contributed by atoms with van der Waals surface area (Å²) in [5, 5.41) is 0. The van der Waals surface area contributed by atoms with E-state index < -0.39 is 0 Å². The van der Waals surface area contributed by atoms with Gasteiger partial charge in [-0.15, -0.1) is 0 Å². The molecule has 16 heavy (non-hydrogen) atoms. The van der Waals surface area contributed by atoms with Gasteiger partial charge in [0.1, 0.15) is 5.52 Å². The number of imidazole rings is 1. The number of aromatic amines is 1. The summed E-state index contributed by atoms with van der Waals surface area (Å²) in [7, 11) is 3.10. The lowest BCUT2D eigenvalue weighted by Crippen LogP contribution is -2.40. The Kier molecular flexibility index (Phi) is 2.61. The fourth-order valence-corrected chi connectivity index (χ4v) is 1.57. The number of ether oxygens (including phenoxy) is 1. The molecule has 2 heterocycles. The Morgan fingerprint density at radius 2 is 2.25 bits per heavy atom. The molecule has 7 nitrogen and oxygen atoms in total. The fourth-order valence-electron chi connectivity index (χ4n) is 1.57. The van der Waals surface area contributed by atoms with E-state index in [0.717, 1.165) is 4.57 Å². The molecule has 2 rings (SSSR count). The SMILES string of the molecule is COCCn1c(=O)c2[nH]cnc2n(C)c1=O. The lowest BCUT2D eigenvalue weighted by atomic mass is 10.5. The Labute approximate surface area is 90.3 Å². The molecule has 0 aromatic carbocycles. The molecule has 0 radical (unpaired) electrons. The molecule has 0 unspecified atom stereocenters. The maximum Gasteiger partial charge on any atom is 0.332 e. The maximum atomic E-state index is 11.9. The zero-order valence-corrected chi connectivity index (χ0v) is 9.06. The molecule has 7 heteroatoms. The van der Waals surface area contributed by atoms with E-state index >= 15 is 0 Å². The number of hydrogen-bond acceptors (Lipinski definition) is 4. The summed E-state index contributed by atoms with van der Waals surface area (Å²) >= 11 is 0. The molecule has 0 aliphatic carbocycles. The zero-order chi connectivity index (χ0) is 11.7. The van der Waals surface area contributed by atoms with Crippen molar-refractivity contribution in [3.8, 4) is 0 Å². The van der Waals surface area contributed by atoms with Crippen LogP contribution in [0, 0.1) is 0 Å². The minimum atomic E-state index is -0.387. The second-order valence-corrected chi connectivity index (χ2v) is 3.39. The van der Waals surface area contributed by atoms with Gasteiger partial charge in [0.15, 0.2) is 5.65 Å². The van der Waals surface area contributed by atoms with Crippen LogP contribution < -0.4 is 11.2 Å². The summed E-state index contributed by atoms with van der Waals surface area (Å²) in [6, 6.07) is 0. The molecular formula is C9H12N4O3. The highest BCUT2D eigenvalue weighted by molar-refractivity contribution is 5.68. The van der Waals surface area contributed by atoms with Crippen molar-refractivity contribution in [2.24, 2.45) is 7.05 Å². The van der Waals surface area contributed by atoms with Gasteiger partial charge in [0.25, 0.3) is 5.56 Å². The summed E-state index contributed by atoms with van der Waals surface area (Å²) < 4.78 is 7.32. The number of nitrogens with zero attached hydrogens (tertiary/aromatic N) is 3. The predicted octanol–water partition coefficient (Wildman–Crippen LogP) is -0.930. The third-order valence-electron chi connectivity index (χ3n) is 2.43. The highest BCUT2D eigenvalue weighted by atomic mass is 16.5. The van der Waals surface area contributed by atoms with Crippen LogP contribution in [0.2, 0.25) is 0 Å². The van der Waals surface area contributed by atoms with E-state index in [1.165, 1.54) is 18.0 Å². The third kappa shape index (κ3) is 1.45. The average Bonchev–Trinajstić information content (AvgIpc) is 2.75. The quantitative estimate of drug-likeness (QED) is 0.730. The molecule has 1 N–H and O–H groups in total. The Balaban J connectivity index is 2.73. The number of nitrogens with one attached hydrogen (secondary N) is 1. The minimum Gasteiger partial charge on any atom is -0.383 e. The van der Waals surface area contributed by atoms with Gasteiger partial charge in [-0.1, -0.05) is 0 Å². The zero-order valence-electron chi connectivity index (χ0n) is 9.06. The van der Waals surface area contributed by atoms with E-state index in [-0.39, 0.29) is 17.8 Å². The monoisotopic (exact) mass is 224 g/mol. The van der Waals surface area contributed by atoms with Gasteiger partial charge in [-0.2, -0.15) is 0 Å². The molecule has 0 spiro atoms. The number of methoxy groups -OCH3 is 1. The molecule has 0 bridgehead atoms. The van der Waals surface area contributed by atoms with Gasteiger partial charge in [0.05, 0.1) is 19.5 Å². The van der Waals surface area contributed by atoms with Gasteiger partial charge in [-0.05, 0) is 0 Å². The Bertz CT molecular complexity index is 622. The van der Waals surface area contributed by atoms with Crippen molar-refractivity contribution in [3.63, 3.8) is 0 Å². The molecule has 0 saturated heterocycles. The summed E-state index contributed by atoms with van der Waals surface area (Å²) in [5.74, 6) is 0. The molecular weight excluding hydrogens is 212 g/mol. The summed E-state index contributed by atoms with van der Waals surface area (Å²) in [5.41, 5.74) is -0.0591. The van der Waals surface area contributed by atoms with Crippen LogP contribution in [0.15, 0.2) is 15.9 Å². The Morgan fingerprint density at radius 1 is 1.50 bits per heavy atom. The molecule has 2 aromatic heterocycles. The fraction of sp³-hybridized carbons (Fsp3) is 0.444. The Morgan fingerprint density at radius 3 is 2.94 bits per heavy atom. The van der Waals surface area contributed by atoms with Crippen LogP contribution in [0.4, 0.5) is 0 Å². The lowest BCUT2D eigenvalue weighted by molar-refractivity contribution is 0.184. The normalized spacial score (nSPS) is 11.1. The van der Waals surface area contributed by atoms with Crippen molar-refractivity contribution in [1.82, 2.24) is 19.1 Å². The van der Waals surface area contributed by atoms with Crippen LogP contribution in [0.5, 0.6) is 0 Å². The van der Waals surface area contributed by atoms with E-state index in [2.05, 4.69) is 9.97 Å². The smallest absolute Gasteiger partial charge is 0.332 e. The van der Waals surface area contributed by atoms with Crippen molar-refractivity contribution >= 4 is 11.2 Å². The highest BCUT2D eigenvalue weighted by Gasteiger charge is 2.11. The Hall–Kier alpha value is -1.89. The molecule has 0 aliphatic heterocycles. The molecule has 86 valence electrons. The van der Waals surface area contributed by atoms with Gasteiger partial charge >= 0.3 is 5.69 Å². The van der Waals surface area contributed by atoms with E-state index in [1.807, 2.05) is 0 Å². The van der Waals surface area contributed by atoms with Gasteiger partial charge < -0.3 is 9.72 Å². The number of aryl methyl sites for hydroxylation is 1. The number of rotatable bonds is 3. The molecule has 0 saturated carbocycles.